The SMILES string of the molecule is CC(C)P(C(C)C)N(c1ccccc1)C(c1ccccc1)c1cn(-c2ccccc2)nn1. The lowest BCUT2D eigenvalue weighted by Crippen LogP contribution is -2.30. The van der Waals surface area contributed by atoms with Gasteiger partial charge in [-0.2, -0.15) is 0 Å². The van der Waals surface area contributed by atoms with Gasteiger partial charge in [-0.25, -0.2) is 4.68 Å². The summed E-state index contributed by atoms with van der Waals surface area (Å²) in [5.74, 6) is 0. The van der Waals surface area contributed by atoms with Gasteiger partial charge in [0.15, 0.2) is 0 Å². The van der Waals surface area contributed by atoms with E-state index >= 15 is 0 Å². The first-order chi connectivity index (χ1) is 15.6. The summed E-state index contributed by atoms with van der Waals surface area (Å²) in [5.41, 5.74) is 5.48. The zero-order valence-electron chi connectivity index (χ0n) is 19.2. The first kappa shape index (κ1) is 22.2. The number of anilines is 1. The van der Waals surface area contributed by atoms with E-state index in [4.69, 9.17) is 5.10 Å². The molecule has 1 atom stereocenters. The second kappa shape index (κ2) is 10.1. The monoisotopic (exact) mass is 442 g/mol. The van der Waals surface area contributed by atoms with E-state index in [2.05, 4.69) is 117 Å². The standard InChI is InChI=1S/C27H31N4P/c1-21(2)32(22(3)4)31(25-18-12-7-13-19-25)27(23-14-8-5-9-15-23)26-20-30(29-28-26)24-16-10-6-11-17-24/h5-22,27H,1-4H3. The summed E-state index contributed by atoms with van der Waals surface area (Å²) in [4.78, 5) is 0. The molecule has 1 unspecified atom stereocenters. The Morgan fingerprint density at radius 1 is 0.719 bits per heavy atom. The lowest BCUT2D eigenvalue weighted by Gasteiger charge is -2.43. The number of hydrogen-bond acceptors (Lipinski definition) is 3. The van der Waals surface area contributed by atoms with Crippen LogP contribution in [0.15, 0.2) is 97.2 Å². The predicted molar refractivity (Wildman–Crippen MR) is 136 cm³/mol. The van der Waals surface area contributed by atoms with Crippen molar-refractivity contribution >= 4 is 13.8 Å². The highest BCUT2D eigenvalue weighted by Crippen LogP contribution is 2.56. The third-order valence-corrected chi connectivity index (χ3v) is 8.58. The lowest BCUT2D eigenvalue weighted by molar-refractivity contribution is 0.772. The molecule has 4 aromatic rings. The van der Waals surface area contributed by atoms with E-state index in [0.717, 1.165) is 11.4 Å². The summed E-state index contributed by atoms with van der Waals surface area (Å²) in [6.07, 6.45) is 2.08. The smallest absolute Gasteiger partial charge is 0.110 e. The van der Waals surface area contributed by atoms with E-state index in [1.807, 2.05) is 22.9 Å². The lowest BCUT2D eigenvalue weighted by atomic mass is 10.0. The molecular formula is C27H31N4P. The van der Waals surface area contributed by atoms with Crippen LogP contribution in [0.1, 0.15) is 45.0 Å². The average molecular weight is 443 g/mol. The Labute approximate surface area is 192 Å². The van der Waals surface area contributed by atoms with Crippen molar-refractivity contribution in [3.8, 4) is 5.69 Å². The van der Waals surface area contributed by atoms with Gasteiger partial charge in [0, 0.05) is 5.69 Å². The second-order valence-electron chi connectivity index (χ2n) is 8.48. The average Bonchev–Trinajstić information content (AvgIpc) is 3.30. The van der Waals surface area contributed by atoms with Crippen LogP contribution in [0.3, 0.4) is 0 Å². The highest BCUT2D eigenvalue weighted by molar-refractivity contribution is 7.60. The van der Waals surface area contributed by atoms with Crippen molar-refractivity contribution in [3.05, 3.63) is 108 Å². The predicted octanol–water partition coefficient (Wildman–Crippen LogP) is 7.08. The molecule has 32 heavy (non-hydrogen) atoms. The minimum absolute atomic E-state index is 0.0213. The molecule has 0 N–H and O–H groups in total. The van der Waals surface area contributed by atoms with E-state index in [-0.39, 0.29) is 6.04 Å². The number of para-hydroxylation sites is 2. The van der Waals surface area contributed by atoms with E-state index in [0.29, 0.717) is 11.3 Å². The highest BCUT2D eigenvalue weighted by Gasteiger charge is 2.34. The van der Waals surface area contributed by atoms with Crippen LogP contribution in [0, 0.1) is 0 Å². The fourth-order valence-electron chi connectivity index (χ4n) is 4.27. The molecule has 4 rings (SSSR count). The zero-order valence-corrected chi connectivity index (χ0v) is 20.1. The largest absolute Gasteiger partial charge is 0.337 e. The molecular weight excluding hydrogens is 411 g/mol. The summed E-state index contributed by atoms with van der Waals surface area (Å²) in [5, 5.41) is 9.20. The Hall–Kier alpha value is -2.97. The number of benzene rings is 3. The summed E-state index contributed by atoms with van der Waals surface area (Å²) < 4.78 is 4.49. The quantitative estimate of drug-likeness (QED) is 0.274. The van der Waals surface area contributed by atoms with Crippen molar-refractivity contribution in [1.29, 1.82) is 0 Å². The van der Waals surface area contributed by atoms with Gasteiger partial charge in [-0.15, -0.1) is 5.10 Å². The number of aromatic nitrogens is 3. The van der Waals surface area contributed by atoms with Crippen LogP contribution in [0.5, 0.6) is 0 Å². The van der Waals surface area contributed by atoms with E-state index in [1.165, 1.54) is 11.3 Å². The van der Waals surface area contributed by atoms with Gasteiger partial charge < -0.3 is 4.67 Å². The van der Waals surface area contributed by atoms with Crippen molar-refractivity contribution in [3.63, 3.8) is 0 Å². The molecule has 0 bridgehead atoms. The molecule has 1 aromatic heterocycles. The van der Waals surface area contributed by atoms with Crippen molar-refractivity contribution in [2.75, 3.05) is 4.67 Å². The molecule has 0 saturated carbocycles. The molecule has 3 aromatic carbocycles. The molecule has 1 heterocycles. The van der Waals surface area contributed by atoms with Crippen LogP contribution in [-0.4, -0.2) is 26.3 Å². The summed E-state index contributed by atoms with van der Waals surface area (Å²) >= 11 is 0. The van der Waals surface area contributed by atoms with Crippen molar-refractivity contribution in [2.24, 2.45) is 0 Å². The molecule has 0 saturated heterocycles. The maximum atomic E-state index is 4.70. The first-order valence-corrected chi connectivity index (χ1v) is 12.6. The second-order valence-corrected chi connectivity index (χ2v) is 11.7. The molecule has 4 nitrogen and oxygen atoms in total. The van der Waals surface area contributed by atoms with Gasteiger partial charge in [-0.3, -0.25) is 0 Å². The fourth-order valence-corrected chi connectivity index (χ4v) is 7.38. The van der Waals surface area contributed by atoms with Crippen molar-refractivity contribution < 1.29 is 0 Å². The van der Waals surface area contributed by atoms with Gasteiger partial charge in [0.25, 0.3) is 0 Å². The molecule has 0 fully saturated rings. The Bertz CT molecular complexity index is 1090. The van der Waals surface area contributed by atoms with E-state index < -0.39 is 8.07 Å². The van der Waals surface area contributed by atoms with E-state index in [1.54, 1.807) is 0 Å². The van der Waals surface area contributed by atoms with Gasteiger partial charge in [0.1, 0.15) is 11.7 Å². The van der Waals surface area contributed by atoms with Crippen LogP contribution < -0.4 is 4.67 Å². The third-order valence-electron chi connectivity index (χ3n) is 5.50. The van der Waals surface area contributed by atoms with E-state index in [9.17, 15) is 0 Å². The zero-order chi connectivity index (χ0) is 22.5. The van der Waals surface area contributed by atoms with Crippen LogP contribution in [0.2, 0.25) is 0 Å². The minimum atomic E-state index is -0.494. The third kappa shape index (κ3) is 4.76. The van der Waals surface area contributed by atoms with Gasteiger partial charge >= 0.3 is 0 Å². The summed E-state index contributed by atoms with van der Waals surface area (Å²) in [7, 11) is -0.494. The maximum absolute atomic E-state index is 4.70. The normalized spacial score (nSPS) is 12.5. The van der Waals surface area contributed by atoms with Gasteiger partial charge in [0.2, 0.25) is 0 Å². The maximum Gasteiger partial charge on any atom is 0.110 e. The molecule has 0 amide bonds. The Balaban J connectivity index is 1.89. The fraction of sp³-hybridized carbons (Fsp3) is 0.259. The van der Waals surface area contributed by atoms with Gasteiger partial charge in [0.05, 0.1) is 11.9 Å². The Morgan fingerprint density at radius 2 is 1.25 bits per heavy atom. The summed E-state index contributed by atoms with van der Waals surface area (Å²) in [6.45, 7) is 9.35. The van der Waals surface area contributed by atoms with Crippen molar-refractivity contribution in [1.82, 2.24) is 15.0 Å². The molecule has 0 aliphatic carbocycles. The Morgan fingerprint density at radius 3 is 1.81 bits per heavy atom. The highest BCUT2D eigenvalue weighted by atomic mass is 31.1. The number of nitrogens with zero attached hydrogens (tertiary/aromatic N) is 4. The number of rotatable bonds is 8. The Kier molecular flexibility index (Phi) is 7.02. The molecule has 164 valence electrons. The summed E-state index contributed by atoms with van der Waals surface area (Å²) in [6, 6.07) is 31.6. The van der Waals surface area contributed by atoms with Crippen LogP contribution >= 0.6 is 8.07 Å². The first-order valence-electron chi connectivity index (χ1n) is 11.2. The van der Waals surface area contributed by atoms with Gasteiger partial charge in [-0.05, 0) is 49.2 Å². The molecule has 0 aliphatic heterocycles. The van der Waals surface area contributed by atoms with Crippen LogP contribution in [0.4, 0.5) is 5.69 Å². The number of hydrogen-bond donors (Lipinski definition) is 0. The van der Waals surface area contributed by atoms with Gasteiger partial charge in [-0.1, -0.05) is 99.6 Å². The minimum Gasteiger partial charge on any atom is -0.337 e. The topological polar surface area (TPSA) is 34.0 Å². The molecule has 5 heteroatoms. The van der Waals surface area contributed by atoms with Crippen LogP contribution in [0.25, 0.3) is 5.69 Å². The molecule has 0 aliphatic rings. The van der Waals surface area contributed by atoms with Crippen LogP contribution in [-0.2, 0) is 0 Å². The molecule has 0 spiro atoms. The van der Waals surface area contributed by atoms with Crippen molar-refractivity contribution in [2.45, 2.75) is 45.1 Å². The molecule has 0 radical (unpaired) electrons.